The zero-order chi connectivity index (χ0) is 15.8. The van der Waals surface area contributed by atoms with Crippen LogP contribution in [0.15, 0.2) is 35.2 Å². The first-order valence-corrected chi connectivity index (χ1v) is 7.20. The lowest BCUT2D eigenvalue weighted by Crippen LogP contribution is -2.15. The van der Waals surface area contributed by atoms with Crippen molar-refractivity contribution in [2.24, 2.45) is 0 Å². The van der Waals surface area contributed by atoms with E-state index in [1.54, 1.807) is 4.72 Å². The third kappa shape index (κ3) is 2.96. The van der Waals surface area contributed by atoms with Gasteiger partial charge in [0.05, 0.1) is 10.7 Å². The molecule has 0 unspecified atom stereocenters. The normalized spacial score (nSPS) is 11.5. The van der Waals surface area contributed by atoms with Gasteiger partial charge in [-0.25, -0.2) is 26.0 Å². The summed E-state index contributed by atoms with van der Waals surface area (Å²) in [5.41, 5.74) is -1.06. The van der Waals surface area contributed by atoms with Crippen LogP contribution in [0.2, 0.25) is 5.02 Å². The fourth-order valence-electron chi connectivity index (χ4n) is 1.51. The summed E-state index contributed by atoms with van der Waals surface area (Å²) in [5, 5.41) is -0.173. The summed E-state index contributed by atoms with van der Waals surface area (Å²) < 4.78 is 77.9. The Kier molecular flexibility index (Phi) is 4.11. The van der Waals surface area contributed by atoms with Crippen LogP contribution < -0.4 is 4.72 Å². The summed E-state index contributed by atoms with van der Waals surface area (Å²) in [7, 11) is -4.39. The average molecular weight is 340 g/mol. The van der Waals surface area contributed by atoms with Crippen molar-refractivity contribution >= 4 is 27.3 Å². The van der Waals surface area contributed by atoms with Gasteiger partial charge in [-0.05, 0) is 12.1 Å². The van der Waals surface area contributed by atoms with E-state index in [-0.39, 0.29) is 11.1 Å². The first-order valence-electron chi connectivity index (χ1n) is 5.34. The Balaban J connectivity index is 2.50. The summed E-state index contributed by atoms with van der Waals surface area (Å²) >= 11 is 5.68. The number of hydrogen-bond donors (Lipinski definition) is 1. The summed E-state index contributed by atoms with van der Waals surface area (Å²) in [5.74, 6) is -7.74. The molecule has 2 aromatic carbocycles. The highest BCUT2D eigenvalue weighted by Crippen LogP contribution is 2.27. The fourth-order valence-corrected chi connectivity index (χ4v) is 3.08. The van der Waals surface area contributed by atoms with Crippen LogP contribution in [0.3, 0.4) is 0 Å². The van der Waals surface area contributed by atoms with Gasteiger partial charge in [0.1, 0.15) is 4.90 Å². The molecule has 0 spiro atoms. The Morgan fingerprint density at radius 1 is 0.952 bits per heavy atom. The summed E-state index contributed by atoms with van der Waals surface area (Å²) in [4.78, 5) is -0.420. The van der Waals surface area contributed by atoms with Crippen LogP contribution in [0, 0.1) is 23.3 Å². The second kappa shape index (κ2) is 5.53. The molecular formula is C12H6ClF4NO2S. The lowest BCUT2D eigenvalue weighted by atomic mass is 10.3. The largest absolute Gasteiger partial charge is 0.276 e. The van der Waals surface area contributed by atoms with Crippen LogP contribution in [-0.2, 0) is 10.0 Å². The first kappa shape index (κ1) is 15.6. The fraction of sp³-hybridized carbons (Fsp3) is 0. The predicted octanol–water partition coefficient (Wildman–Crippen LogP) is 3.70. The number of rotatable bonds is 3. The molecule has 0 aliphatic heterocycles. The Hall–Kier alpha value is -1.80. The van der Waals surface area contributed by atoms with Crippen LogP contribution in [0.4, 0.5) is 23.2 Å². The van der Waals surface area contributed by atoms with E-state index in [4.69, 9.17) is 11.6 Å². The molecule has 0 heterocycles. The van der Waals surface area contributed by atoms with Crippen LogP contribution in [0.5, 0.6) is 0 Å². The highest BCUT2D eigenvalue weighted by atomic mass is 35.5. The smallest absolute Gasteiger partial charge is 0.263 e. The highest BCUT2D eigenvalue weighted by molar-refractivity contribution is 7.92. The maximum Gasteiger partial charge on any atom is 0.263 e. The molecule has 2 rings (SSSR count). The highest BCUT2D eigenvalue weighted by Gasteiger charge is 2.24. The molecule has 0 saturated heterocycles. The van der Waals surface area contributed by atoms with Gasteiger partial charge in [-0.2, -0.15) is 0 Å². The number of nitrogens with one attached hydrogen (secondary N) is 1. The van der Waals surface area contributed by atoms with E-state index in [9.17, 15) is 26.0 Å². The average Bonchev–Trinajstić information content (AvgIpc) is 2.42. The first-order chi connectivity index (χ1) is 9.74. The lowest BCUT2D eigenvalue weighted by Gasteiger charge is -2.11. The van der Waals surface area contributed by atoms with Gasteiger partial charge in [-0.15, -0.1) is 0 Å². The summed E-state index contributed by atoms with van der Waals surface area (Å²) in [6.45, 7) is 0. The van der Waals surface area contributed by atoms with E-state index in [1.807, 2.05) is 0 Å². The molecule has 0 aromatic heterocycles. The molecule has 0 aliphatic rings. The van der Waals surface area contributed by atoms with E-state index >= 15 is 0 Å². The molecule has 2 aromatic rings. The zero-order valence-corrected chi connectivity index (χ0v) is 11.6. The van der Waals surface area contributed by atoms with Gasteiger partial charge in [0.2, 0.25) is 0 Å². The van der Waals surface area contributed by atoms with E-state index in [2.05, 4.69) is 0 Å². The van der Waals surface area contributed by atoms with Gasteiger partial charge >= 0.3 is 0 Å². The second-order valence-corrected chi connectivity index (χ2v) is 5.94. The Morgan fingerprint density at radius 3 is 2.19 bits per heavy atom. The molecule has 112 valence electrons. The van der Waals surface area contributed by atoms with Gasteiger partial charge in [0.15, 0.2) is 23.3 Å². The van der Waals surface area contributed by atoms with E-state index in [0.29, 0.717) is 0 Å². The molecule has 9 heteroatoms. The Labute approximate surface area is 122 Å². The molecule has 0 fully saturated rings. The van der Waals surface area contributed by atoms with E-state index in [0.717, 1.165) is 6.07 Å². The summed E-state index contributed by atoms with van der Waals surface area (Å²) in [6.07, 6.45) is 0. The standard InChI is InChI=1S/C12H6ClF4NO2S/c13-6-3-1-2-4-9(6)21(19,20)18-8-5-7(14)10(15)12(17)11(8)16/h1-5,18H. The predicted molar refractivity (Wildman–Crippen MR) is 68.5 cm³/mol. The molecule has 3 nitrogen and oxygen atoms in total. The van der Waals surface area contributed by atoms with Crippen molar-refractivity contribution in [1.29, 1.82) is 0 Å². The molecule has 0 saturated carbocycles. The summed E-state index contributed by atoms with van der Waals surface area (Å²) in [6, 6.07) is 5.38. The molecule has 0 bridgehead atoms. The van der Waals surface area contributed by atoms with Crippen molar-refractivity contribution in [3.05, 3.63) is 58.6 Å². The minimum atomic E-state index is -4.39. The molecular weight excluding hydrogens is 334 g/mol. The number of halogens is 5. The molecule has 0 aliphatic carbocycles. The monoisotopic (exact) mass is 339 g/mol. The maximum absolute atomic E-state index is 13.4. The quantitative estimate of drug-likeness (QED) is 0.526. The van der Waals surface area contributed by atoms with Crippen molar-refractivity contribution in [3.63, 3.8) is 0 Å². The minimum absolute atomic E-state index is 0.173. The van der Waals surface area contributed by atoms with Crippen molar-refractivity contribution in [1.82, 2.24) is 0 Å². The van der Waals surface area contributed by atoms with Gasteiger partial charge < -0.3 is 0 Å². The lowest BCUT2D eigenvalue weighted by molar-refractivity contribution is 0.411. The van der Waals surface area contributed by atoms with Crippen molar-refractivity contribution in [2.45, 2.75) is 4.90 Å². The van der Waals surface area contributed by atoms with Crippen LogP contribution in [-0.4, -0.2) is 8.42 Å². The molecule has 0 amide bonds. The SMILES string of the molecule is O=S(=O)(Nc1cc(F)c(F)c(F)c1F)c1ccccc1Cl. The van der Waals surface area contributed by atoms with Gasteiger partial charge in [-0.3, -0.25) is 4.72 Å². The van der Waals surface area contributed by atoms with Gasteiger partial charge in [0.25, 0.3) is 10.0 Å². The Morgan fingerprint density at radius 2 is 1.57 bits per heavy atom. The third-order valence-corrected chi connectivity index (χ3v) is 4.34. The van der Waals surface area contributed by atoms with E-state index < -0.39 is 43.9 Å². The minimum Gasteiger partial charge on any atom is -0.276 e. The zero-order valence-electron chi connectivity index (χ0n) is 10.0. The van der Waals surface area contributed by atoms with Gasteiger partial charge in [-0.1, -0.05) is 23.7 Å². The topological polar surface area (TPSA) is 46.2 Å². The van der Waals surface area contributed by atoms with E-state index in [1.165, 1.54) is 18.2 Å². The maximum atomic E-state index is 13.4. The van der Waals surface area contributed by atoms with Gasteiger partial charge in [0, 0.05) is 6.07 Å². The number of anilines is 1. The van der Waals surface area contributed by atoms with Crippen LogP contribution in [0.25, 0.3) is 0 Å². The van der Waals surface area contributed by atoms with Crippen molar-refractivity contribution < 1.29 is 26.0 Å². The van der Waals surface area contributed by atoms with Crippen LogP contribution in [0.1, 0.15) is 0 Å². The molecule has 1 N–H and O–H groups in total. The number of hydrogen-bond acceptors (Lipinski definition) is 2. The molecule has 0 radical (unpaired) electrons. The number of sulfonamides is 1. The Bertz CT molecular complexity index is 811. The molecule has 21 heavy (non-hydrogen) atoms. The van der Waals surface area contributed by atoms with Crippen LogP contribution >= 0.6 is 11.6 Å². The molecule has 0 atom stereocenters. The number of benzene rings is 2. The second-order valence-electron chi connectivity index (χ2n) is 3.88. The van der Waals surface area contributed by atoms with Crippen molar-refractivity contribution in [3.8, 4) is 0 Å². The third-order valence-electron chi connectivity index (χ3n) is 2.47. The van der Waals surface area contributed by atoms with Crippen molar-refractivity contribution in [2.75, 3.05) is 4.72 Å².